The second-order valence-corrected chi connectivity index (χ2v) is 14.1. The van der Waals surface area contributed by atoms with Gasteiger partial charge in [-0.1, -0.05) is 97.1 Å². The highest BCUT2D eigenvalue weighted by Crippen LogP contribution is 2.44. The van der Waals surface area contributed by atoms with E-state index in [0.717, 1.165) is 33.4 Å². The zero-order valence-electron chi connectivity index (χ0n) is 26.3. The van der Waals surface area contributed by atoms with Crippen LogP contribution in [0.15, 0.2) is 162 Å². The van der Waals surface area contributed by atoms with Gasteiger partial charge in [0.25, 0.3) is 10.1 Å². The molecule has 8 rings (SSSR count). The SMILES string of the molecule is O=S(=O)(O)c1csc(-c2ncnc3ccc(-c4cn(C(c5ccccc5)(c5ccccc5)c5ccccc5)nc4-c4ccc(F)cc4)cc23)c1. The lowest BCUT2D eigenvalue weighted by Gasteiger charge is -2.36. The molecule has 244 valence electrons. The van der Waals surface area contributed by atoms with E-state index in [1.807, 2.05) is 83.7 Å². The van der Waals surface area contributed by atoms with Gasteiger partial charge in [-0.3, -0.25) is 9.23 Å². The van der Waals surface area contributed by atoms with Gasteiger partial charge in [-0.25, -0.2) is 14.4 Å². The fourth-order valence-electron chi connectivity index (χ4n) is 6.51. The maximum absolute atomic E-state index is 14.2. The fourth-order valence-corrected chi connectivity index (χ4v) is 8.26. The molecule has 50 heavy (non-hydrogen) atoms. The first-order valence-corrected chi connectivity index (χ1v) is 18.0. The van der Waals surface area contributed by atoms with E-state index in [1.165, 1.54) is 41.2 Å². The number of thiophene rings is 1. The predicted octanol–water partition coefficient (Wildman–Crippen LogP) is 9.11. The van der Waals surface area contributed by atoms with Crippen molar-refractivity contribution in [1.29, 1.82) is 0 Å². The first-order valence-electron chi connectivity index (χ1n) is 15.7. The van der Waals surface area contributed by atoms with E-state index in [9.17, 15) is 17.4 Å². The Morgan fingerprint density at radius 3 is 1.82 bits per heavy atom. The van der Waals surface area contributed by atoms with E-state index in [2.05, 4.69) is 46.4 Å². The third-order valence-electron chi connectivity index (χ3n) is 8.80. The average Bonchev–Trinajstić information content (AvgIpc) is 3.83. The molecule has 0 aliphatic carbocycles. The normalized spacial score (nSPS) is 12.0. The van der Waals surface area contributed by atoms with Crippen molar-refractivity contribution < 1.29 is 17.4 Å². The van der Waals surface area contributed by atoms with Crippen molar-refractivity contribution in [2.45, 2.75) is 10.4 Å². The molecule has 0 saturated carbocycles. The smallest absolute Gasteiger partial charge is 0.282 e. The summed E-state index contributed by atoms with van der Waals surface area (Å²) in [6, 6.07) is 44.2. The van der Waals surface area contributed by atoms with Gasteiger partial charge in [-0.15, -0.1) is 11.3 Å². The van der Waals surface area contributed by atoms with Crippen LogP contribution >= 0.6 is 11.3 Å². The van der Waals surface area contributed by atoms with Gasteiger partial charge in [0.15, 0.2) is 0 Å². The first kappa shape index (κ1) is 31.5. The van der Waals surface area contributed by atoms with Gasteiger partial charge in [0.1, 0.15) is 28.3 Å². The van der Waals surface area contributed by atoms with Crippen molar-refractivity contribution in [1.82, 2.24) is 19.7 Å². The summed E-state index contributed by atoms with van der Waals surface area (Å²) >= 11 is 1.17. The van der Waals surface area contributed by atoms with Gasteiger partial charge in [0.2, 0.25) is 0 Å². The zero-order chi connectivity index (χ0) is 34.3. The van der Waals surface area contributed by atoms with Crippen LogP contribution in [0.1, 0.15) is 16.7 Å². The molecular formula is C40H27FN4O3S2. The summed E-state index contributed by atoms with van der Waals surface area (Å²) in [6.07, 6.45) is 3.46. The Balaban J connectivity index is 1.42. The molecule has 3 heterocycles. The quantitative estimate of drug-likeness (QED) is 0.126. The molecule has 0 radical (unpaired) electrons. The highest BCUT2D eigenvalue weighted by atomic mass is 32.2. The number of hydrogen-bond acceptors (Lipinski definition) is 6. The van der Waals surface area contributed by atoms with E-state index in [4.69, 9.17) is 5.10 Å². The summed E-state index contributed by atoms with van der Waals surface area (Å²) in [7, 11) is -4.38. The summed E-state index contributed by atoms with van der Waals surface area (Å²) in [5.74, 6) is -0.352. The molecule has 0 aliphatic heterocycles. The maximum Gasteiger partial charge on any atom is 0.295 e. The third kappa shape index (κ3) is 5.49. The lowest BCUT2D eigenvalue weighted by Crippen LogP contribution is -2.38. The van der Waals surface area contributed by atoms with Gasteiger partial charge < -0.3 is 0 Å². The molecule has 7 nitrogen and oxygen atoms in total. The first-order chi connectivity index (χ1) is 24.3. The van der Waals surface area contributed by atoms with E-state index in [1.54, 1.807) is 12.1 Å². The lowest BCUT2D eigenvalue weighted by molar-refractivity contribution is 0.461. The lowest BCUT2D eigenvalue weighted by atomic mass is 9.77. The van der Waals surface area contributed by atoms with Crippen molar-refractivity contribution in [2.24, 2.45) is 0 Å². The average molecular weight is 695 g/mol. The Bertz CT molecular complexity index is 2480. The Hall–Kier alpha value is -5.81. The van der Waals surface area contributed by atoms with Gasteiger partial charge in [-0.2, -0.15) is 13.5 Å². The summed E-state index contributed by atoms with van der Waals surface area (Å²) in [4.78, 5) is 9.36. The minimum atomic E-state index is -4.38. The molecule has 0 unspecified atom stereocenters. The number of fused-ring (bicyclic) bond motifs is 1. The van der Waals surface area contributed by atoms with Crippen LogP contribution in [-0.4, -0.2) is 32.7 Å². The van der Waals surface area contributed by atoms with E-state index in [-0.39, 0.29) is 10.7 Å². The van der Waals surface area contributed by atoms with Gasteiger partial charge in [0, 0.05) is 28.1 Å². The second kappa shape index (κ2) is 12.6. The van der Waals surface area contributed by atoms with Crippen molar-refractivity contribution >= 4 is 32.4 Å². The number of benzene rings is 5. The molecular weight excluding hydrogens is 668 g/mol. The van der Waals surface area contributed by atoms with Crippen molar-refractivity contribution in [3.05, 3.63) is 180 Å². The molecule has 0 spiro atoms. The van der Waals surface area contributed by atoms with Crippen LogP contribution in [0.5, 0.6) is 0 Å². The molecule has 0 bridgehead atoms. The maximum atomic E-state index is 14.2. The van der Waals surface area contributed by atoms with E-state index in [0.29, 0.717) is 27.2 Å². The Labute approximate surface area is 291 Å². The van der Waals surface area contributed by atoms with Crippen molar-refractivity contribution in [2.75, 3.05) is 0 Å². The molecule has 1 N–H and O–H groups in total. The second-order valence-electron chi connectivity index (χ2n) is 11.7. The van der Waals surface area contributed by atoms with Gasteiger partial charge in [-0.05, 0) is 64.7 Å². The number of nitrogens with zero attached hydrogens (tertiary/aromatic N) is 4. The molecule has 0 atom stereocenters. The Morgan fingerprint density at radius 1 is 0.680 bits per heavy atom. The van der Waals surface area contributed by atoms with Crippen LogP contribution < -0.4 is 0 Å². The minimum Gasteiger partial charge on any atom is -0.282 e. The molecule has 8 aromatic rings. The highest BCUT2D eigenvalue weighted by Gasteiger charge is 2.40. The van der Waals surface area contributed by atoms with Crippen LogP contribution in [0.3, 0.4) is 0 Å². The summed E-state index contributed by atoms with van der Waals surface area (Å²) in [5.41, 5.74) is 6.23. The van der Waals surface area contributed by atoms with Crippen LogP contribution in [0, 0.1) is 5.82 Å². The summed E-state index contributed by atoms with van der Waals surface area (Å²) in [6.45, 7) is 0. The van der Waals surface area contributed by atoms with Crippen LogP contribution in [0.4, 0.5) is 4.39 Å². The number of rotatable bonds is 8. The van der Waals surface area contributed by atoms with Crippen molar-refractivity contribution in [3.63, 3.8) is 0 Å². The highest BCUT2D eigenvalue weighted by molar-refractivity contribution is 7.86. The molecule has 0 aliphatic rings. The van der Waals surface area contributed by atoms with E-state index >= 15 is 0 Å². The molecule has 0 fully saturated rings. The molecule has 5 aromatic carbocycles. The monoisotopic (exact) mass is 694 g/mol. The number of halogens is 1. The summed E-state index contributed by atoms with van der Waals surface area (Å²) in [5, 5.41) is 7.42. The van der Waals surface area contributed by atoms with Gasteiger partial charge >= 0.3 is 0 Å². The van der Waals surface area contributed by atoms with Crippen molar-refractivity contribution in [3.8, 4) is 33.0 Å². The van der Waals surface area contributed by atoms with Crippen LogP contribution in [0.25, 0.3) is 43.9 Å². The molecule has 0 amide bonds. The fraction of sp³-hybridized carbons (Fsp3) is 0.0250. The topological polar surface area (TPSA) is 98.0 Å². The standard InChI is InChI=1S/C40H27FN4O3S2/c41-32-19-16-27(17-20-32)38-35(28-18-21-36-34(22-28)39(43-26-42-36)37-23-33(25-49-37)50(46,47)48)24-45(44-38)40(29-10-4-1-5-11-29,30-12-6-2-7-13-30)31-14-8-3-9-15-31/h1-26H,(H,46,47,48). The number of aromatic nitrogens is 4. The Kier molecular flexibility index (Phi) is 7.91. The minimum absolute atomic E-state index is 0.195. The van der Waals surface area contributed by atoms with Crippen LogP contribution in [0.2, 0.25) is 0 Å². The zero-order valence-corrected chi connectivity index (χ0v) is 27.9. The predicted molar refractivity (Wildman–Crippen MR) is 194 cm³/mol. The number of hydrogen-bond donors (Lipinski definition) is 1. The van der Waals surface area contributed by atoms with Crippen LogP contribution in [-0.2, 0) is 15.7 Å². The Morgan fingerprint density at radius 2 is 1.26 bits per heavy atom. The van der Waals surface area contributed by atoms with Gasteiger partial charge in [0.05, 0.1) is 16.1 Å². The molecule has 3 aromatic heterocycles. The van der Waals surface area contributed by atoms with E-state index < -0.39 is 15.7 Å². The largest absolute Gasteiger partial charge is 0.295 e. The molecule has 0 saturated heterocycles. The summed E-state index contributed by atoms with van der Waals surface area (Å²) < 4.78 is 49.6. The molecule has 10 heteroatoms. The third-order valence-corrected chi connectivity index (χ3v) is 10.7.